The molecule has 5 nitrogen and oxygen atoms in total. The van der Waals surface area contributed by atoms with Crippen molar-refractivity contribution in [3.8, 4) is 17.6 Å². The molecule has 0 amide bonds. The second kappa shape index (κ2) is 7.90. The Bertz CT molecular complexity index is 819. The Morgan fingerprint density at radius 3 is 2.27 bits per heavy atom. The van der Waals surface area contributed by atoms with E-state index in [1.807, 2.05) is 37.3 Å². The van der Waals surface area contributed by atoms with Gasteiger partial charge in [-0.05, 0) is 37.3 Å². The first kappa shape index (κ1) is 18.4. The predicted octanol–water partition coefficient (Wildman–Crippen LogP) is 1.56. The summed E-state index contributed by atoms with van der Waals surface area (Å²) in [4.78, 5) is 0. The Balaban J connectivity index is 1.91. The quantitative estimate of drug-likeness (QED) is 0.729. The maximum atomic E-state index is 10.3. The molecule has 2 aromatic rings. The zero-order valence-electron chi connectivity index (χ0n) is 14.7. The molecule has 0 unspecified atom stereocenters. The Kier molecular flexibility index (Phi) is 5.60. The van der Waals surface area contributed by atoms with Crippen molar-refractivity contribution in [2.45, 2.75) is 31.3 Å². The first-order valence-corrected chi connectivity index (χ1v) is 8.42. The zero-order chi connectivity index (χ0) is 18.7. The lowest BCUT2D eigenvalue weighted by atomic mass is 9.98. The third-order valence-electron chi connectivity index (χ3n) is 4.48. The molecule has 1 saturated heterocycles. The second-order valence-corrected chi connectivity index (χ2v) is 6.33. The predicted molar refractivity (Wildman–Crippen MR) is 96.9 cm³/mol. The van der Waals surface area contributed by atoms with Crippen LogP contribution in [-0.4, -0.2) is 47.3 Å². The van der Waals surface area contributed by atoms with Crippen molar-refractivity contribution in [1.82, 2.24) is 0 Å². The van der Waals surface area contributed by atoms with Gasteiger partial charge in [0.15, 0.2) is 0 Å². The van der Waals surface area contributed by atoms with Gasteiger partial charge < -0.3 is 24.8 Å². The molecule has 0 bridgehead atoms. The normalized spacial score (nSPS) is 24.8. The average molecular weight is 354 g/mol. The van der Waals surface area contributed by atoms with Gasteiger partial charge in [-0.15, -0.1) is 0 Å². The van der Waals surface area contributed by atoms with Crippen molar-refractivity contribution in [1.29, 1.82) is 0 Å². The topological polar surface area (TPSA) is 79.2 Å². The van der Waals surface area contributed by atoms with Gasteiger partial charge in [0.2, 0.25) is 0 Å². The van der Waals surface area contributed by atoms with Crippen LogP contribution < -0.4 is 4.74 Å². The molecule has 0 aromatic heterocycles. The molecule has 136 valence electrons. The summed E-state index contributed by atoms with van der Waals surface area (Å²) < 4.78 is 11.0. The molecular formula is C21H22O5. The molecule has 1 heterocycles. The molecule has 5 heteroatoms. The molecule has 2 aromatic carbocycles. The number of methoxy groups -OCH3 is 1. The molecule has 0 radical (unpaired) electrons. The lowest BCUT2D eigenvalue weighted by Gasteiger charge is -2.18. The van der Waals surface area contributed by atoms with Crippen molar-refractivity contribution in [2.24, 2.45) is 0 Å². The highest BCUT2D eigenvalue weighted by Gasteiger charge is 2.44. The van der Waals surface area contributed by atoms with Gasteiger partial charge in [-0.3, -0.25) is 0 Å². The van der Waals surface area contributed by atoms with E-state index in [1.54, 1.807) is 12.1 Å². The van der Waals surface area contributed by atoms with E-state index in [2.05, 4.69) is 11.8 Å². The summed E-state index contributed by atoms with van der Waals surface area (Å²) in [6.07, 6.45) is -3.93. The number of rotatable bonds is 3. The summed E-state index contributed by atoms with van der Waals surface area (Å²) >= 11 is 0. The highest BCUT2D eigenvalue weighted by molar-refractivity contribution is 5.49. The molecule has 0 spiro atoms. The van der Waals surface area contributed by atoms with Crippen LogP contribution in [0.3, 0.4) is 0 Å². The van der Waals surface area contributed by atoms with Crippen LogP contribution in [0.15, 0.2) is 42.5 Å². The minimum atomic E-state index is -1.16. The van der Waals surface area contributed by atoms with E-state index in [1.165, 1.54) is 12.7 Å². The fraction of sp³-hybridized carbons (Fsp3) is 0.333. The molecule has 4 atom stereocenters. The Labute approximate surface area is 152 Å². The Morgan fingerprint density at radius 1 is 1.00 bits per heavy atom. The summed E-state index contributed by atoms with van der Waals surface area (Å²) in [5, 5.41) is 29.6. The summed E-state index contributed by atoms with van der Waals surface area (Å²) in [6.45, 7) is 1.65. The molecular weight excluding hydrogens is 332 g/mol. The number of aliphatic hydroxyl groups is 3. The van der Waals surface area contributed by atoms with Crippen LogP contribution in [0, 0.1) is 18.8 Å². The Morgan fingerprint density at radius 2 is 1.65 bits per heavy atom. The number of aliphatic hydroxyl groups excluding tert-OH is 3. The first-order valence-electron chi connectivity index (χ1n) is 8.42. The molecule has 26 heavy (non-hydrogen) atoms. The molecule has 3 rings (SSSR count). The number of aryl methyl sites for hydroxylation is 1. The van der Waals surface area contributed by atoms with Gasteiger partial charge in [0.1, 0.15) is 30.2 Å². The van der Waals surface area contributed by atoms with Crippen molar-refractivity contribution in [2.75, 3.05) is 13.7 Å². The van der Waals surface area contributed by atoms with E-state index >= 15 is 0 Å². The van der Waals surface area contributed by atoms with E-state index in [-0.39, 0.29) is 6.61 Å². The molecule has 0 saturated carbocycles. The second-order valence-electron chi connectivity index (χ2n) is 6.33. The fourth-order valence-electron chi connectivity index (χ4n) is 2.97. The van der Waals surface area contributed by atoms with Gasteiger partial charge in [-0.25, -0.2) is 0 Å². The van der Waals surface area contributed by atoms with Gasteiger partial charge in [0, 0.05) is 16.7 Å². The fourth-order valence-corrected chi connectivity index (χ4v) is 2.97. The minimum Gasteiger partial charge on any atom is -0.496 e. The van der Waals surface area contributed by atoms with Gasteiger partial charge in [-0.1, -0.05) is 29.5 Å². The van der Waals surface area contributed by atoms with Crippen LogP contribution >= 0.6 is 0 Å². The molecule has 1 aliphatic heterocycles. The largest absolute Gasteiger partial charge is 0.496 e. The van der Waals surface area contributed by atoms with Crippen molar-refractivity contribution >= 4 is 0 Å². The van der Waals surface area contributed by atoms with Gasteiger partial charge in [0.05, 0.1) is 13.7 Å². The van der Waals surface area contributed by atoms with E-state index < -0.39 is 24.4 Å². The van der Waals surface area contributed by atoms with Crippen molar-refractivity contribution < 1.29 is 24.8 Å². The van der Waals surface area contributed by atoms with Crippen LogP contribution in [-0.2, 0) is 4.74 Å². The molecule has 3 N–H and O–H groups in total. The van der Waals surface area contributed by atoms with Crippen LogP contribution in [0.4, 0.5) is 0 Å². The molecule has 0 aliphatic carbocycles. The van der Waals surface area contributed by atoms with Crippen LogP contribution in [0.1, 0.15) is 28.4 Å². The standard InChI is InChI=1S/C21H22O5/c1-13-3-5-14(6-4-13)7-8-15-9-10-17(25-2)16(11-15)21-20(24)19(23)18(12-22)26-21/h3-6,9-11,18-24H,12H2,1-2H3/t18-,19-,20-,21+/m1/s1. The highest BCUT2D eigenvalue weighted by atomic mass is 16.6. The maximum absolute atomic E-state index is 10.3. The van der Waals surface area contributed by atoms with Gasteiger partial charge >= 0.3 is 0 Å². The lowest BCUT2D eigenvalue weighted by Crippen LogP contribution is -2.32. The van der Waals surface area contributed by atoms with E-state index in [0.717, 1.165) is 11.1 Å². The smallest absolute Gasteiger partial charge is 0.124 e. The zero-order valence-corrected chi connectivity index (χ0v) is 14.7. The average Bonchev–Trinajstić information content (AvgIpc) is 2.95. The third-order valence-corrected chi connectivity index (χ3v) is 4.48. The summed E-state index contributed by atoms with van der Waals surface area (Å²) in [5.74, 6) is 6.72. The Hall–Kier alpha value is -2.36. The van der Waals surface area contributed by atoms with Gasteiger partial charge in [0.25, 0.3) is 0 Å². The number of hydrogen-bond donors (Lipinski definition) is 3. The van der Waals surface area contributed by atoms with Crippen molar-refractivity contribution in [3.63, 3.8) is 0 Å². The molecule has 1 fully saturated rings. The SMILES string of the molecule is COc1ccc(C#Cc2ccc(C)cc2)cc1[C@@H]1O[C@H](CO)[C@@H](O)[C@H]1O. The van der Waals surface area contributed by atoms with E-state index in [9.17, 15) is 15.3 Å². The number of ether oxygens (including phenoxy) is 2. The van der Waals surface area contributed by atoms with Crippen LogP contribution in [0.2, 0.25) is 0 Å². The monoisotopic (exact) mass is 354 g/mol. The maximum Gasteiger partial charge on any atom is 0.124 e. The van der Waals surface area contributed by atoms with Crippen molar-refractivity contribution in [3.05, 3.63) is 64.7 Å². The van der Waals surface area contributed by atoms with Crippen LogP contribution in [0.5, 0.6) is 5.75 Å². The summed E-state index contributed by atoms with van der Waals surface area (Å²) in [5.41, 5.74) is 3.40. The third kappa shape index (κ3) is 3.74. The summed E-state index contributed by atoms with van der Waals surface area (Å²) in [7, 11) is 1.53. The number of benzene rings is 2. The van der Waals surface area contributed by atoms with Gasteiger partial charge in [-0.2, -0.15) is 0 Å². The lowest BCUT2D eigenvalue weighted by molar-refractivity contribution is -0.0233. The minimum absolute atomic E-state index is 0.371. The number of hydrogen-bond acceptors (Lipinski definition) is 5. The van der Waals surface area contributed by atoms with Crippen LogP contribution in [0.25, 0.3) is 0 Å². The summed E-state index contributed by atoms with van der Waals surface area (Å²) in [6, 6.07) is 13.3. The highest BCUT2D eigenvalue weighted by Crippen LogP contribution is 2.38. The first-order chi connectivity index (χ1) is 12.5. The van der Waals surface area contributed by atoms with E-state index in [0.29, 0.717) is 11.3 Å². The van der Waals surface area contributed by atoms with E-state index in [4.69, 9.17) is 9.47 Å². The molecule has 1 aliphatic rings.